The fourth-order valence-corrected chi connectivity index (χ4v) is 2.05. The van der Waals surface area contributed by atoms with Crippen LogP contribution >= 0.6 is 0 Å². The third-order valence-electron chi connectivity index (χ3n) is 3.13. The van der Waals surface area contributed by atoms with Crippen LogP contribution in [0.1, 0.15) is 11.4 Å². The quantitative estimate of drug-likeness (QED) is 0.769. The smallest absolute Gasteiger partial charge is 0.181 e. The predicted octanol–water partition coefficient (Wildman–Crippen LogP) is 3.53. The monoisotopic (exact) mass is 282 g/mol. The highest BCUT2D eigenvalue weighted by molar-refractivity contribution is 5.62. The van der Waals surface area contributed by atoms with Crippen LogP contribution in [-0.4, -0.2) is 15.2 Å². The first-order chi connectivity index (χ1) is 10.2. The maximum Gasteiger partial charge on any atom is 0.181 e. The second-order valence-corrected chi connectivity index (χ2v) is 4.81. The summed E-state index contributed by atoms with van der Waals surface area (Å²) in [7, 11) is 0. The molecular weight excluding hydrogens is 267 g/mol. The van der Waals surface area contributed by atoms with Crippen molar-refractivity contribution in [3.63, 3.8) is 0 Å². The molecule has 0 spiro atoms. The van der Waals surface area contributed by atoms with E-state index >= 15 is 0 Å². The van der Waals surface area contributed by atoms with Gasteiger partial charge >= 0.3 is 0 Å². The van der Waals surface area contributed by atoms with Crippen LogP contribution in [0.25, 0.3) is 11.4 Å². The number of aromatic amines is 1. The number of anilines is 1. The van der Waals surface area contributed by atoms with E-state index < -0.39 is 0 Å². The highest BCUT2D eigenvalue weighted by Crippen LogP contribution is 2.19. The minimum atomic E-state index is -0.222. The molecule has 0 saturated carbocycles. The Morgan fingerprint density at radius 1 is 1.14 bits per heavy atom. The molecule has 1 aromatic heterocycles. The van der Waals surface area contributed by atoms with Gasteiger partial charge in [-0.05, 0) is 36.8 Å². The van der Waals surface area contributed by atoms with Gasteiger partial charge in [-0.15, -0.1) is 0 Å². The first-order valence-corrected chi connectivity index (χ1v) is 6.68. The van der Waals surface area contributed by atoms with Crippen molar-refractivity contribution >= 4 is 5.69 Å². The van der Waals surface area contributed by atoms with Gasteiger partial charge in [0.1, 0.15) is 11.6 Å². The van der Waals surface area contributed by atoms with Crippen LogP contribution < -0.4 is 5.32 Å². The number of halogens is 1. The molecule has 0 atom stereocenters. The number of aromatic nitrogens is 3. The maximum absolute atomic E-state index is 12.9. The Hall–Kier alpha value is -2.69. The van der Waals surface area contributed by atoms with E-state index in [2.05, 4.69) is 20.5 Å². The minimum Gasteiger partial charge on any atom is -0.381 e. The van der Waals surface area contributed by atoms with Crippen molar-refractivity contribution < 1.29 is 4.39 Å². The van der Waals surface area contributed by atoms with Crippen LogP contribution in [0.5, 0.6) is 0 Å². The Balaban J connectivity index is 1.73. The SMILES string of the molecule is Cc1nc(-c2cccc(NCc3ccc(F)cc3)c2)n[nH]1. The molecule has 106 valence electrons. The van der Waals surface area contributed by atoms with Crippen LogP contribution in [0, 0.1) is 12.7 Å². The molecule has 4 nitrogen and oxygen atoms in total. The average Bonchev–Trinajstić information content (AvgIpc) is 2.94. The second-order valence-electron chi connectivity index (χ2n) is 4.81. The molecule has 0 aliphatic carbocycles. The van der Waals surface area contributed by atoms with Crippen molar-refractivity contribution in [2.75, 3.05) is 5.32 Å². The Morgan fingerprint density at radius 3 is 2.67 bits per heavy atom. The van der Waals surface area contributed by atoms with Crippen molar-refractivity contribution in [1.29, 1.82) is 0 Å². The lowest BCUT2D eigenvalue weighted by molar-refractivity contribution is 0.627. The van der Waals surface area contributed by atoms with Crippen LogP contribution in [0.15, 0.2) is 48.5 Å². The molecule has 0 aliphatic heterocycles. The summed E-state index contributed by atoms with van der Waals surface area (Å²) in [5.41, 5.74) is 2.94. The molecule has 21 heavy (non-hydrogen) atoms. The van der Waals surface area contributed by atoms with Crippen molar-refractivity contribution in [3.05, 3.63) is 65.7 Å². The molecule has 2 N–H and O–H groups in total. The lowest BCUT2D eigenvalue weighted by Crippen LogP contribution is -1.99. The van der Waals surface area contributed by atoms with E-state index in [9.17, 15) is 4.39 Å². The van der Waals surface area contributed by atoms with Crippen molar-refractivity contribution in [2.24, 2.45) is 0 Å². The van der Waals surface area contributed by atoms with Crippen LogP contribution in [0.4, 0.5) is 10.1 Å². The van der Waals surface area contributed by atoms with Gasteiger partial charge in [-0.25, -0.2) is 9.37 Å². The summed E-state index contributed by atoms with van der Waals surface area (Å²) < 4.78 is 12.9. The summed E-state index contributed by atoms with van der Waals surface area (Å²) in [5.74, 6) is 1.24. The van der Waals surface area contributed by atoms with E-state index in [0.717, 1.165) is 22.6 Å². The van der Waals surface area contributed by atoms with E-state index in [0.29, 0.717) is 12.4 Å². The summed E-state index contributed by atoms with van der Waals surface area (Å²) >= 11 is 0. The second kappa shape index (κ2) is 5.75. The number of H-pyrrole nitrogens is 1. The molecule has 1 heterocycles. The van der Waals surface area contributed by atoms with Gasteiger partial charge in [-0.3, -0.25) is 5.10 Å². The minimum absolute atomic E-state index is 0.222. The molecule has 5 heteroatoms. The number of benzene rings is 2. The standard InChI is InChI=1S/C16H15FN4/c1-11-19-16(21-20-11)13-3-2-4-15(9-13)18-10-12-5-7-14(17)8-6-12/h2-9,18H,10H2,1H3,(H,19,20,21). The largest absolute Gasteiger partial charge is 0.381 e. The van der Waals surface area contributed by atoms with Gasteiger partial charge in [-0.1, -0.05) is 24.3 Å². The number of nitrogens with one attached hydrogen (secondary N) is 2. The normalized spacial score (nSPS) is 10.6. The molecule has 0 bridgehead atoms. The average molecular weight is 282 g/mol. The van der Waals surface area contributed by atoms with Crippen LogP contribution in [0.2, 0.25) is 0 Å². The van der Waals surface area contributed by atoms with Gasteiger partial charge in [-0.2, -0.15) is 5.10 Å². The zero-order chi connectivity index (χ0) is 14.7. The number of aryl methyl sites for hydroxylation is 1. The molecule has 0 saturated heterocycles. The Labute approximate surface area is 122 Å². The molecule has 0 fully saturated rings. The van der Waals surface area contributed by atoms with Crippen molar-refractivity contribution in [1.82, 2.24) is 15.2 Å². The zero-order valence-corrected chi connectivity index (χ0v) is 11.6. The fraction of sp³-hybridized carbons (Fsp3) is 0.125. The van der Waals surface area contributed by atoms with E-state index in [1.807, 2.05) is 31.2 Å². The lowest BCUT2D eigenvalue weighted by Gasteiger charge is -2.07. The summed E-state index contributed by atoms with van der Waals surface area (Å²) in [6.45, 7) is 2.50. The summed E-state index contributed by atoms with van der Waals surface area (Å²) in [5, 5.41) is 10.3. The molecule has 3 aromatic rings. The van der Waals surface area contributed by atoms with Crippen molar-refractivity contribution in [2.45, 2.75) is 13.5 Å². The maximum atomic E-state index is 12.9. The molecule has 3 rings (SSSR count). The number of hydrogen-bond acceptors (Lipinski definition) is 3. The van der Waals surface area contributed by atoms with Crippen LogP contribution in [0.3, 0.4) is 0 Å². The third kappa shape index (κ3) is 3.25. The van der Waals surface area contributed by atoms with E-state index in [1.165, 1.54) is 12.1 Å². The highest BCUT2D eigenvalue weighted by Gasteiger charge is 2.04. The van der Waals surface area contributed by atoms with E-state index in [1.54, 1.807) is 12.1 Å². The van der Waals surface area contributed by atoms with Gasteiger partial charge in [0.15, 0.2) is 5.82 Å². The first-order valence-electron chi connectivity index (χ1n) is 6.68. The Morgan fingerprint density at radius 2 is 1.95 bits per heavy atom. The van der Waals surface area contributed by atoms with Gasteiger partial charge in [0.25, 0.3) is 0 Å². The zero-order valence-electron chi connectivity index (χ0n) is 11.6. The van der Waals surface area contributed by atoms with E-state index in [-0.39, 0.29) is 5.82 Å². The first kappa shape index (κ1) is 13.3. The summed E-state index contributed by atoms with van der Waals surface area (Å²) in [4.78, 5) is 4.31. The van der Waals surface area contributed by atoms with Gasteiger partial charge < -0.3 is 5.32 Å². The molecule has 0 radical (unpaired) electrons. The van der Waals surface area contributed by atoms with E-state index in [4.69, 9.17) is 0 Å². The topological polar surface area (TPSA) is 53.6 Å². The molecule has 0 unspecified atom stereocenters. The Bertz CT molecular complexity index is 734. The predicted molar refractivity (Wildman–Crippen MR) is 80.3 cm³/mol. The fourth-order valence-electron chi connectivity index (χ4n) is 2.05. The third-order valence-corrected chi connectivity index (χ3v) is 3.13. The summed E-state index contributed by atoms with van der Waals surface area (Å²) in [6, 6.07) is 14.3. The molecular formula is C16H15FN4. The van der Waals surface area contributed by atoms with Crippen molar-refractivity contribution in [3.8, 4) is 11.4 Å². The number of hydrogen-bond donors (Lipinski definition) is 2. The molecule has 2 aromatic carbocycles. The molecule has 0 amide bonds. The van der Waals surface area contributed by atoms with Crippen LogP contribution in [-0.2, 0) is 6.54 Å². The van der Waals surface area contributed by atoms with Gasteiger partial charge in [0.05, 0.1) is 0 Å². The van der Waals surface area contributed by atoms with Gasteiger partial charge in [0, 0.05) is 17.8 Å². The highest BCUT2D eigenvalue weighted by atomic mass is 19.1. The lowest BCUT2D eigenvalue weighted by atomic mass is 10.1. The number of nitrogens with zero attached hydrogens (tertiary/aromatic N) is 2. The Kier molecular flexibility index (Phi) is 3.64. The summed E-state index contributed by atoms with van der Waals surface area (Å²) in [6.07, 6.45) is 0. The number of rotatable bonds is 4. The van der Waals surface area contributed by atoms with Gasteiger partial charge in [0.2, 0.25) is 0 Å². The molecule has 0 aliphatic rings.